The number of nitrogens with zero attached hydrogens (tertiary/aromatic N) is 2. The SMILES string of the molecule is CC(N=C1CCCN1C)c1ccc(CCc2ccccc2)cc1. The lowest BCUT2D eigenvalue weighted by molar-refractivity contribution is 0.544. The Hall–Kier alpha value is -2.09. The van der Waals surface area contributed by atoms with Crippen LogP contribution in [0.15, 0.2) is 59.6 Å². The number of hydrogen-bond acceptors (Lipinski definition) is 1. The molecule has 2 heteroatoms. The van der Waals surface area contributed by atoms with E-state index in [1.54, 1.807) is 0 Å². The van der Waals surface area contributed by atoms with Crippen LogP contribution in [-0.2, 0) is 12.8 Å². The van der Waals surface area contributed by atoms with Gasteiger partial charge in [0.15, 0.2) is 0 Å². The molecule has 1 aliphatic rings. The fourth-order valence-corrected chi connectivity index (χ4v) is 3.15. The summed E-state index contributed by atoms with van der Waals surface area (Å²) < 4.78 is 0. The minimum atomic E-state index is 0.244. The van der Waals surface area contributed by atoms with Crippen LogP contribution in [0.25, 0.3) is 0 Å². The predicted octanol–water partition coefficient (Wildman–Crippen LogP) is 4.66. The van der Waals surface area contributed by atoms with Gasteiger partial charge in [0.2, 0.25) is 0 Å². The van der Waals surface area contributed by atoms with Crippen LogP contribution in [0.1, 0.15) is 42.5 Å². The summed E-state index contributed by atoms with van der Waals surface area (Å²) in [4.78, 5) is 7.18. The second kappa shape index (κ2) is 7.45. The minimum absolute atomic E-state index is 0.244. The standard InChI is InChI=1S/C21H26N2/c1-17(22-21-9-6-16-23(21)2)20-14-12-19(13-15-20)11-10-18-7-4-3-5-8-18/h3-5,7-8,12-15,17H,6,9-11,16H2,1-2H3. The van der Waals surface area contributed by atoms with E-state index < -0.39 is 0 Å². The van der Waals surface area contributed by atoms with Gasteiger partial charge in [0.1, 0.15) is 0 Å². The quantitative estimate of drug-likeness (QED) is 0.784. The van der Waals surface area contributed by atoms with Gasteiger partial charge < -0.3 is 4.90 Å². The van der Waals surface area contributed by atoms with Gasteiger partial charge in [-0.05, 0) is 42.9 Å². The average Bonchev–Trinajstić information content (AvgIpc) is 2.99. The molecule has 0 saturated carbocycles. The van der Waals surface area contributed by atoms with Crippen LogP contribution in [0.5, 0.6) is 0 Å². The summed E-state index contributed by atoms with van der Waals surface area (Å²) in [5.41, 5.74) is 4.11. The number of likely N-dealkylation sites (tertiary alicyclic amines) is 1. The largest absolute Gasteiger partial charge is 0.363 e. The summed E-state index contributed by atoms with van der Waals surface area (Å²) in [6.45, 7) is 3.34. The second-order valence-electron chi connectivity index (χ2n) is 6.47. The molecule has 0 aromatic heterocycles. The zero-order chi connectivity index (χ0) is 16.1. The Kier molecular flexibility index (Phi) is 5.12. The summed E-state index contributed by atoms with van der Waals surface area (Å²) in [5.74, 6) is 1.26. The van der Waals surface area contributed by atoms with Crippen LogP contribution in [-0.4, -0.2) is 24.3 Å². The van der Waals surface area contributed by atoms with Crippen LogP contribution < -0.4 is 0 Å². The molecule has 1 heterocycles. The number of benzene rings is 2. The van der Waals surface area contributed by atoms with Gasteiger partial charge in [0.25, 0.3) is 0 Å². The maximum atomic E-state index is 4.89. The molecule has 0 aliphatic carbocycles. The number of aryl methyl sites for hydroxylation is 2. The first-order chi connectivity index (χ1) is 11.2. The van der Waals surface area contributed by atoms with E-state index in [0.29, 0.717) is 0 Å². The molecule has 120 valence electrons. The van der Waals surface area contributed by atoms with E-state index in [2.05, 4.69) is 73.5 Å². The van der Waals surface area contributed by atoms with E-state index in [4.69, 9.17) is 4.99 Å². The van der Waals surface area contributed by atoms with Gasteiger partial charge in [-0.2, -0.15) is 0 Å². The number of hydrogen-bond donors (Lipinski definition) is 0. The Morgan fingerprint density at radius 1 is 0.957 bits per heavy atom. The number of aliphatic imine (C=N–C) groups is 1. The fraction of sp³-hybridized carbons (Fsp3) is 0.381. The van der Waals surface area contributed by atoms with E-state index in [1.165, 1.54) is 28.9 Å². The molecule has 2 aromatic carbocycles. The Balaban J connectivity index is 1.60. The first-order valence-corrected chi connectivity index (χ1v) is 8.63. The van der Waals surface area contributed by atoms with Gasteiger partial charge in [-0.3, -0.25) is 4.99 Å². The summed E-state index contributed by atoms with van der Waals surface area (Å²) in [6.07, 6.45) is 4.55. The summed E-state index contributed by atoms with van der Waals surface area (Å²) in [6, 6.07) is 19.9. The molecule has 3 rings (SSSR count). The second-order valence-corrected chi connectivity index (χ2v) is 6.47. The third-order valence-electron chi connectivity index (χ3n) is 4.68. The van der Waals surface area contributed by atoms with Gasteiger partial charge >= 0.3 is 0 Å². The summed E-state index contributed by atoms with van der Waals surface area (Å²) in [7, 11) is 2.14. The monoisotopic (exact) mass is 306 g/mol. The van der Waals surface area contributed by atoms with Crippen molar-refractivity contribution in [2.75, 3.05) is 13.6 Å². The van der Waals surface area contributed by atoms with Crippen LogP contribution in [0.4, 0.5) is 0 Å². The lowest BCUT2D eigenvalue weighted by Crippen LogP contribution is -2.19. The lowest BCUT2D eigenvalue weighted by atomic mass is 10.0. The van der Waals surface area contributed by atoms with E-state index in [9.17, 15) is 0 Å². The molecular formula is C21H26N2. The lowest BCUT2D eigenvalue weighted by Gasteiger charge is -2.15. The minimum Gasteiger partial charge on any atom is -0.363 e. The average molecular weight is 306 g/mol. The van der Waals surface area contributed by atoms with E-state index in [-0.39, 0.29) is 6.04 Å². The fourth-order valence-electron chi connectivity index (χ4n) is 3.15. The van der Waals surface area contributed by atoms with Gasteiger partial charge in [-0.25, -0.2) is 0 Å². The van der Waals surface area contributed by atoms with E-state index in [1.807, 2.05) is 0 Å². The Morgan fingerprint density at radius 3 is 2.22 bits per heavy atom. The van der Waals surface area contributed by atoms with Crippen LogP contribution in [0, 0.1) is 0 Å². The molecule has 1 atom stereocenters. The van der Waals surface area contributed by atoms with Crippen molar-refractivity contribution in [2.24, 2.45) is 4.99 Å². The first-order valence-electron chi connectivity index (χ1n) is 8.63. The third kappa shape index (κ3) is 4.22. The molecule has 1 aliphatic heterocycles. The van der Waals surface area contributed by atoms with Crippen molar-refractivity contribution in [3.63, 3.8) is 0 Å². The van der Waals surface area contributed by atoms with Crippen molar-refractivity contribution < 1.29 is 0 Å². The van der Waals surface area contributed by atoms with E-state index >= 15 is 0 Å². The van der Waals surface area contributed by atoms with Gasteiger partial charge in [0, 0.05) is 20.0 Å². The maximum Gasteiger partial charge on any atom is 0.0994 e. The number of rotatable bonds is 5. The third-order valence-corrected chi connectivity index (χ3v) is 4.68. The topological polar surface area (TPSA) is 15.6 Å². The molecule has 0 spiro atoms. The van der Waals surface area contributed by atoms with Crippen molar-refractivity contribution in [1.29, 1.82) is 0 Å². The molecule has 1 saturated heterocycles. The summed E-state index contributed by atoms with van der Waals surface area (Å²) in [5, 5.41) is 0. The Bertz CT molecular complexity index is 643. The van der Waals surface area contributed by atoms with Gasteiger partial charge in [-0.1, -0.05) is 54.6 Å². The summed E-state index contributed by atoms with van der Waals surface area (Å²) >= 11 is 0. The highest BCUT2D eigenvalue weighted by Crippen LogP contribution is 2.21. The number of amidine groups is 1. The molecule has 2 aromatic rings. The Morgan fingerprint density at radius 2 is 1.61 bits per heavy atom. The molecule has 0 bridgehead atoms. The molecule has 1 fully saturated rings. The normalized spacial score (nSPS) is 17.7. The van der Waals surface area contributed by atoms with Crippen LogP contribution in [0.2, 0.25) is 0 Å². The molecule has 23 heavy (non-hydrogen) atoms. The molecule has 1 unspecified atom stereocenters. The highest BCUT2D eigenvalue weighted by Gasteiger charge is 2.15. The smallest absolute Gasteiger partial charge is 0.0994 e. The zero-order valence-electron chi connectivity index (χ0n) is 14.2. The van der Waals surface area contributed by atoms with Crippen molar-refractivity contribution >= 4 is 5.84 Å². The van der Waals surface area contributed by atoms with Crippen molar-refractivity contribution in [1.82, 2.24) is 4.90 Å². The van der Waals surface area contributed by atoms with Crippen LogP contribution in [0.3, 0.4) is 0 Å². The van der Waals surface area contributed by atoms with E-state index in [0.717, 1.165) is 25.8 Å². The maximum absolute atomic E-state index is 4.89. The zero-order valence-corrected chi connectivity index (χ0v) is 14.2. The predicted molar refractivity (Wildman–Crippen MR) is 98.0 cm³/mol. The molecule has 2 nitrogen and oxygen atoms in total. The molecular weight excluding hydrogens is 280 g/mol. The van der Waals surface area contributed by atoms with Crippen molar-refractivity contribution in [3.8, 4) is 0 Å². The van der Waals surface area contributed by atoms with Crippen LogP contribution >= 0.6 is 0 Å². The van der Waals surface area contributed by atoms with Gasteiger partial charge in [-0.15, -0.1) is 0 Å². The highest BCUT2D eigenvalue weighted by atomic mass is 15.2. The molecule has 0 amide bonds. The van der Waals surface area contributed by atoms with Crippen molar-refractivity contribution in [2.45, 2.75) is 38.6 Å². The van der Waals surface area contributed by atoms with Crippen molar-refractivity contribution in [3.05, 3.63) is 71.3 Å². The molecule has 0 radical (unpaired) electrons. The highest BCUT2D eigenvalue weighted by molar-refractivity contribution is 5.84. The Labute approximate surface area is 139 Å². The molecule has 0 N–H and O–H groups in total. The first kappa shape index (κ1) is 15.8. The van der Waals surface area contributed by atoms with Gasteiger partial charge in [0.05, 0.1) is 11.9 Å².